The third-order valence-electron chi connectivity index (χ3n) is 7.85. The molecule has 4 aliphatic rings. The normalized spacial score (nSPS) is 27.6. The summed E-state index contributed by atoms with van der Waals surface area (Å²) in [4.78, 5) is 0.307. The van der Waals surface area contributed by atoms with Crippen molar-refractivity contribution in [3.05, 3.63) is 66.7 Å². The maximum atomic E-state index is 13.2. The second kappa shape index (κ2) is 8.33. The van der Waals surface area contributed by atoms with Gasteiger partial charge in [0.1, 0.15) is 0 Å². The van der Waals surface area contributed by atoms with E-state index in [-0.39, 0.29) is 5.54 Å². The highest BCUT2D eigenvalue weighted by atomic mass is 32.2. The molecule has 4 saturated carbocycles. The molecule has 7 heteroatoms. The maximum absolute atomic E-state index is 13.2. The predicted molar refractivity (Wildman–Crippen MR) is 141 cm³/mol. The van der Waals surface area contributed by atoms with Gasteiger partial charge in [0.05, 0.1) is 4.90 Å². The van der Waals surface area contributed by atoms with Crippen LogP contribution in [0.2, 0.25) is 0 Å². The number of hydrogen-bond donors (Lipinski definition) is 3. The number of sulfonamides is 1. The molecule has 3 N–H and O–H groups in total. The van der Waals surface area contributed by atoms with Gasteiger partial charge >= 0.3 is 0 Å². The van der Waals surface area contributed by atoms with E-state index in [0.717, 1.165) is 41.4 Å². The number of rotatable bonds is 5. The van der Waals surface area contributed by atoms with Crippen LogP contribution < -0.4 is 15.4 Å². The maximum Gasteiger partial charge on any atom is 0.241 e. The molecule has 176 valence electrons. The van der Waals surface area contributed by atoms with Crippen molar-refractivity contribution >= 4 is 49.5 Å². The fraction of sp³-hybridized carbons (Fsp3) is 0.370. The molecule has 0 unspecified atom stereocenters. The smallest absolute Gasteiger partial charge is 0.241 e. The van der Waals surface area contributed by atoms with E-state index in [0.29, 0.717) is 27.8 Å². The molecule has 0 atom stereocenters. The lowest BCUT2D eigenvalue weighted by Gasteiger charge is -2.56. The molecule has 0 saturated heterocycles. The first kappa shape index (κ1) is 22.0. The molecule has 34 heavy (non-hydrogen) atoms. The second-order valence-corrected chi connectivity index (χ2v) is 12.5. The molecular weight excluding hydrogens is 462 g/mol. The van der Waals surface area contributed by atoms with E-state index in [1.54, 1.807) is 24.3 Å². The minimum absolute atomic E-state index is 0.242. The molecule has 0 aliphatic heterocycles. The van der Waals surface area contributed by atoms with Gasteiger partial charge in [-0.05, 0) is 104 Å². The van der Waals surface area contributed by atoms with Gasteiger partial charge < -0.3 is 10.6 Å². The summed E-state index contributed by atoms with van der Waals surface area (Å²) in [5, 5.41) is 9.10. The molecule has 7 rings (SSSR count). The molecule has 4 fully saturated rings. The Kier molecular flexibility index (Phi) is 5.39. The molecule has 0 spiro atoms. The highest BCUT2D eigenvalue weighted by Crippen LogP contribution is 2.56. The average Bonchev–Trinajstić information content (AvgIpc) is 2.78. The fourth-order valence-corrected chi connectivity index (χ4v) is 8.58. The quantitative estimate of drug-likeness (QED) is 0.388. The summed E-state index contributed by atoms with van der Waals surface area (Å²) in [5.41, 5.74) is 1.43. The van der Waals surface area contributed by atoms with Crippen molar-refractivity contribution in [3.8, 4) is 0 Å². The zero-order valence-corrected chi connectivity index (χ0v) is 20.6. The zero-order valence-electron chi connectivity index (χ0n) is 19.0. The summed E-state index contributed by atoms with van der Waals surface area (Å²) in [5.74, 6) is 2.07. The Bertz CT molecular complexity index is 1310. The van der Waals surface area contributed by atoms with Crippen LogP contribution in [-0.4, -0.2) is 19.1 Å². The number of hydrogen-bond acceptors (Lipinski definition) is 3. The van der Waals surface area contributed by atoms with Crippen molar-refractivity contribution in [1.29, 1.82) is 0 Å². The summed E-state index contributed by atoms with van der Waals surface area (Å²) in [6, 6.07) is 21.0. The number of benzene rings is 3. The van der Waals surface area contributed by atoms with Crippen LogP contribution in [0.25, 0.3) is 10.8 Å². The Balaban J connectivity index is 1.13. The van der Waals surface area contributed by atoms with Crippen LogP contribution in [0.1, 0.15) is 38.5 Å². The van der Waals surface area contributed by atoms with E-state index in [4.69, 9.17) is 12.2 Å². The van der Waals surface area contributed by atoms with Crippen LogP contribution >= 0.6 is 12.2 Å². The van der Waals surface area contributed by atoms with Gasteiger partial charge in [0.15, 0.2) is 5.11 Å². The Labute approximate surface area is 206 Å². The summed E-state index contributed by atoms with van der Waals surface area (Å²) < 4.78 is 29.6. The van der Waals surface area contributed by atoms with Crippen molar-refractivity contribution < 1.29 is 8.42 Å². The van der Waals surface area contributed by atoms with Gasteiger partial charge in [-0.2, -0.15) is 0 Å². The van der Waals surface area contributed by atoms with E-state index in [2.05, 4.69) is 33.6 Å². The van der Waals surface area contributed by atoms with E-state index in [1.165, 1.54) is 19.3 Å². The first-order valence-electron chi connectivity index (χ1n) is 12.1. The minimum Gasteiger partial charge on any atom is -0.332 e. The number of fused-ring (bicyclic) bond motifs is 1. The average molecular weight is 492 g/mol. The van der Waals surface area contributed by atoms with Gasteiger partial charge in [0.25, 0.3) is 0 Å². The van der Waals surface area contributed by atoms with E-state index in [9.17, 15) is 8.42 Å². The van der Waals surface area contributed by atoms with Gasteiger partial charge in [-0.15, -0.1) is 0 Å². The van der Waals surface area contributed by atoms with Crippen LogP contribution in [0.5, 0.6) is 0 Å². The molecule has 0 amide bonds. The minimum atomic E-state index is -3.57. The Morgan fingerprint density at radius 2 is 1.41 bits per heavy atom. The third-order valence-corrected chi connectivity index (χ3v) is 9.65. The zero-order chi connectivity index (χ0) is 23.3. The van der Waals surface area contributed by atoms with Crippen LogP contribution in [0, 0.1) is 17.8 Å². The van der Waals surface area contributed by atoms with Crippen molar-refractivity contribution in [1.82, 2.24) is 4.72 Å². The first-order valence-corrected chi connectivity index (χ1v) is 14.0. The standard InChI is InChI=1S/C27H29N3O2S2/c31-34(32,30-27-15-18-12-19(16-27)14-20(13-18)17-27)23-10-8-22(9-11-23)28-26(33)29-25-7-3-5-21-4-1-2-6-24(21)25/h1-11,18-20,30H,12-17H2,(H2,28,29,33). The Morgan fingerprint density at radius 1 is 0.794 bits per heavy atom. The van der Waals surface area contributed by atoms with Gasteiger partial charge in [-0.25, -0.2) is 13.1 Å². The molecule has 0 heterocycles. The van der Waals surface area contributed by atoms with E-state index in [1.807, 2.05) is 24.3 Å². The van der Waals surface area contributed by atoms with Gasteiger partial charge in [-0.3, -0.25) is 0 Å². The lowest BCUT2D eigenvalue weighted by Crippen LogP contribution is -2.59. The number of anilines is 2. The van der Waals surface area contributed by atoms with Crippen LogP contribution in [-0.2, 0) is 10.0 Å². The molecule has 3 aromatic carbocycles. The van der Waals surface area contributed by atoms with Crippen LogP contribution in [0.4, 0.5) is 11.4 Å². The fourth-order valence-electron chi connectivity index (χ4n) is 6.92. The van der Waals surface area contributed by atoms with Crippen molar-refractivity contribution in [2.75, 3.05) is 10.6 Å². The number of nitrogens with one attached hydrogen (secondary N) is 3. The SMILES string of the molecule is O=S(=O)(NC12CC3CC(CC(C3)C1)C2)c1ccc(NC(=S)Nc2cccc3ccccc23)cc1. The molecule has 4 bridgehead atoms. The lowest BCUT2D eigenvalue weighted by molar-refractivity contribution is -0.00810. The predicted octanol–water partition coefficient (Wildman–Crippen LogP) is 5.90. The topological polar surface area (TPSA) is 70.2 Å². The Hall–Kier alpha value is -2.48. The third kappa shape index (κ3) is 4.21. The van der Waals surface area contributed by atoms with E-state index >= 15 is 0 Å². The van der Waals surface area contributed by atoms with Crippen molar-refractivity contribution in [2.24, 2.45) is 17.8 Å². The molecule has 3 aromatic rings. The van der Waals surface area contributed by atoms with Gasteiger partial charge in [-0.1, -0.05) is 36.4 Å². The molecule has 0 aromatic heterocycles. The van der Waals surface area contributed by atoms with Crippen molar-refractivity contribution in [2.45, 2.75) is 49.0 Å². The molecule has 5 nitrogen and oxygen atoms in total. The monoisotopic (exact) mass is 491 g/mol. The number of thiocarbonyl (C=S) groups is 1. The lowest BCUT2D eigenvalue weighted by atomic mass is 9.53. The largest absolute Gasteiger partial charge is 0.332 e. The van der Waals surface area contributed by atoms with Crippen molar-refractivity contribution in [3.63, 3.8) is 0 Å². The Morgan fingerprint density at radius 3 is 2.09 bits per heavy atom. The highest BCUT2D eigenvalue weighted by Gasteiger charge is 2.52. The molecule has 4 aliphatic carbocycles. The van der Waals surface area contributed by atoms with Crippen LogP contribution in [0.15, 0.2) is 71.6 Å². The van der Waals surface area contributed by atoms with Crippen LogP contribution in [0.3, 0.4) is 0 Å². The summed E-state index contributed by atoms with van der Waals surface area (Å²) in [6.45, 7) is 0. The van der Waals surface area contributed by atoms with E-state index < -0.39 is 10.0 Å². The summed E-state index contributed by atoms with van der Waals surface area (Å²) in [7, 11) is -3.57. The molecule has 0 radical (unpaired) electrons. The highest BCUT2D eigenvalue weighted by molar-refractivity contribution is 7.89. The second-order valence-electron chi connectivity index (χ2n) is 10.4. The van der Waals surface area contributed by atoms with Gasteiger partial charge in [0, 0.05) is 22.3 Å². The summed E-state index contributed by atoms with van der Waals surface area (Å²) in [6.07, 6.45) is 6.83. The molecular formula is C27H29N3O2S2. The first-order chi connectivity index (χ1) is 16.4. The summed E-state index contributed by atoms with van der Waals surface area (Å²) >= 11 is 5.51. The van der Waals surface area contributed by atoms with Gasteiger partial charge in [0.2, 0.25) is 10.0 Å².